The monoisotopic (exact) mass is 315 g/mol. The number of nitrogens with two attached hydrogens (primary N) is 1. The largest absolute Gasteiger partial charge is 0.374 e. The SMILES string of the molecule is NC(=O)C1CCCN(C(=O)CNc2cc(F)c(F)cc2F)C1. The van der Waals surface area contributed by atoms with Gasteiger partial charge in [-0.05, 0) is 12.8 Å². The van der Waals surface area contributed by atoms with Crippen molar-refractivity contribution in [2.75, 3.05) is 25.0 Å². The highest BCUT2D eigenvalue weighted by atomic mass is 19.2. The van der Waals surface area contributed by atoms with Crippen molar-refractivity contribution in [3.63, 3.8) is 0 Å². The Labute approximate surface area is 125 Å². The fourth-order valence-corrected chi connectivity index (χ4v) is 2.38. The first kappa shape index (κ1) is 16.1. The Bertz CT molecular complexity index is 595. The number of benzene rings is 1. The van der Waals surface area contributed by atoms with Gasteiger partial charge in [0.2, 0.25) is 11.8 Å². The van der Waals surface area contributed by atoms with Gasteiger partial charge in [0.05, 0.1) is 18.2 Å². The molecule has 0 aliphatic carbocycles. The number of anilines is 1. The van der Waals surface area contributed by atoms with Crippen LogP contribution in [0.3, 0.4) is 0 Å². The second-order valence-electron chi connectivity index (χ2n) is 5.18. The highest BCUT2D eigenvalue weighted by Gasteiger charge is 2.26. The van der Waals surface area contributed by atoms with Crippen molar-refractivity contribution in [2.45, 2.75) is 12.8 Å². The molecule has 1 aliphatic rings. The summed E-state index contributed by atoms with van der Waals surface area (Å²) >= 11 is 0. The predicted octanol–water partition coefficient (Wildman–Crippen LogP) is 1.24. The molecule has 1 unspecified atom stereocenters. The van der Waals surface area contributed by atoms with Gasteiger partial charge in [-0.2, -0.15) is 0 Å². The first-order chi connectivity index (χ1) is 10.4. The van der Waals surface area contributed by atoms with E-state index in [9.17, 15) is 22.8 Å². The molecule has 0 saturated carbocycles. The highest BCUT2D eigenvalue weighted by Crippen LogP contribution is 2.19. The molecule has 0 aromatic heterocycles. The number of piperidine rings is 1. The number of amides is 2. The molecule has 1 aliphatic heterocycles. The molecular formula is C14H16F3N3O2. The van der Waals surface area contributed by atoms with Crippen molar-refractivity contribution in [2.24, 2.45) is 11.7 Å². The van der Waals surface area contributed by atoms with E-state index in [-0.39, 0.29) is 24.7 Å². The Balaban J connectivity index is 1.95. The van der Waals surface area contributed by atoms with Crippen molar-refractivity contribution in [1.82, 2.24) is 4.90 Å². The standard InChI is InChI=1S/C14H16F3N3O2/c15-9-4-11(17)12(5-10(9)16)19-6-13(21)20-3-1-2-8(7-20)14(18)22/h4-5,8,19H,1-3,6-7H2,(H2,18,22). The molecule has 1 atom stereocenters. The topological polar surface area (TPSA) is 75.4 Å². The summed E-state index contributed by atoms with van der Waals surface area (Å²) in [6.07, 6.45) is 1.28. The average molecular weight is 315 g/mol. The number of nitrogens with zero attached hydrogens (tertiary/aromatic N) is 1. The summed E-state index contributed by atoms with van der Waals surface area (Å²) < 4.78 is 39.3. The van der Waals surface area contributed by atoms with Crippen molar-refractivity contribution in [3.8, 4) is 0 Å². The van der Waals surface area contributed by atoms with Crippen LogP contribution in [0.25, 0.3) is 0 Å². The van der Waals surface area contributed by atoms with Crippen molar-refractivity contribution >= 4 is 17.5 Å². The van der Waals surface area contributed by atoms with Crippen molar-refractivity contribution < 1.29 is 22.8 Å². The van der Waals surface area contributed by atoms with E-state index < -0.39 is 29.3 Å². The normalized spacial score (nSPS) is 18.1. The second kappa shape index (κ2) is 6.67. The van der Waals surface area contributed by atoms with Gasteiger partial charge in [0.15, 0.2) is 11.6 Å². The lowest BCUT2D eigenvalue weighted by Gasteiger charge is -2.31. The maximum atomic E-state index is 13.4. The number of rotatable bonds is 4. The van der Waals surface area contributed by atoms with Crippen LogP contribution in [0.5, 0.6) is 0 Å². The molecule has 2 amide bonds. The first-order valence-electron chi connectivity index (χ1n) is 6.84. The second-order valence-corrected chi connectivity index (χ2v) is 5.18. The zero-order chi connectivity index (χ0) is 16.3. The van der Waals surface area contributed by atoms with Crippen LogP contribution in [0, 0.1) is 23.4 Å². The van der Waals surface area contributed by atoms with Gasteiger partial charge in [-0.3, -0.25) is 9.59 Å². The van der Waals surface area contributed by atoms with Crippen LogP contribution in [0.1, 0.15) is 12.8 Å². The van der Waals surface area contributed by atoms with Crippen LogP contribution >= 0.6 is 0 Å². The zero-order valence-electron chi connectivity index (χ0n) is 11.7. The van der Waals surface area contributed by atoms with Gasteiger partial charge in [-0.15, -0.1) is 0 Å². The third kappa shape index (κ3) is 3.69. The molecule has 2 rings (SSSR count). The lowest BCUT2D eigenvalue weighted by atomic mass is 9.97. The summed E-state index contributed by atoms with van der Waals surface area (Å²) in [4.78, 5) is 24.6. The molecule has 3 N–H and O–H groups in total. The van der Waals surface area contributed by atoms with E-state index in [0.29, 0.717) is 31.5 Å². The Morgan fingerprint density at radius 1 is 1.23 bits per heavy atom. The highest BCUT2D eigenvalue weighted by molar-refractivity contribution is 5.82. The minimum atomic E-state index is -1.30. The molecule has 8 heteroatoms. The van der Waals surface area contributed by atoms with Crippen LogP contribution in [0.4, 0.5) is 18.9 Å². The Kier molecular flexibility index (Phi) is 4.89. The maximum Gasteiger partial charge on any atom is 0.241 e. The van der Waals surface area contributed by atoms with Crippen LogP contribution in [0.15, 0.2) is 12.1 Å². The van der Waals surface area contributed by atoms with E-state index >= 15 is 0 Å². The lowest BCUT2D eigenvalue weighted by molar-refractivity contribution is -0.133. The Morgan fingerprint density at radius 3 is 2.59 bits per heavy atom. The molecule has 0 bridgehead atoms. The third-order valence-electron chi connectivity index (χ3n) is 3.62. The van der Waals surface area contributed by atoms with E-state index in [0.717, 1.165) is 0 Å². The van der Waals surface area contributed by atoms with E-state index in [1.807, 2.05) is 0 Å². The Morgan fingerprint density at radius 2 is 1.91 bits per heavy atom. The van der Waals surface area contributed by atoms with Gasteiger partial charge >= 0.3 is 0 Å². The third-order valence-corrected chi connectivity index (χ3v) is 3.62. The zero-order valence-corrected chi connectivity index (χ0v) is 11.7. The van der Waals surface area contributed by atoms with Crippen molar-refractivity contribution in [3.05, 3.63) is 29.6 Å². The molecule has 120 valence electrons. The number of hydrogen-bond acceptors (Lipinski definition) is 3. The van der Waals surface area contributed by atoms with Crippen LogP contribution in [-0.2, 0) is 9.59 Å². The maximum absolute atomic E-state index is 13.4. The molecule has 22 heavy (non-hydrogen) atoms. The molecule has 1 aromatic rings. The number of hydrogen-bond donors (Lipinski definition) is 2. The number of likely N-dealkylation sites (tertiary alicyclic amines) is 1. The number of halogens is 3. The van der Waals surface area contributed by atoms with Gasteiger partial charge < -0.3 is 16.0 Å². The summed E-state index contributed by atoms with van der Waals surface area (Å²) in [6.45, 7) is 0.411. The van der Waals surface area contributed by atoms with Gasteiger partial charge in [0.1, 0.15) is 5.82 Å². The summed E-state index contributed by atoms with van der Waals surface area (Å²) in [6, 6.07) is 1.06. The number of primary amides is 1. The summed E-state index contributed by atoms with van der Waals surface area (Å²) in [5, 5.41) is 2.43. The van der Waals surface area contributed by atoms with Gasteiger partial charge in [-0.1, -0.05) is 0 Å². The molecule has 1 fully saturated rings. The molecule has 1 saturated heterocycles. The van der Waals surface area contributed by atoms with E-state index in [2.05, 4.69) is 5.32 Å². The molecular weight excluding hydrogens is 299 g/mol. The summed E-state index contributed by atoms with van der Waals surface area (Å²) in [5.41, 5.74) is 4.93. The van der Waals surface area contributed by atoms with Crippen LogP contribution in [0.2, 0.25) is 0 Å². The fourth-order valence-electron chi connectivity index (χ4n) is 2.38. The number of carbonyl (C=O) groups is 2. The average Bonchev–Trinajstić information content (AvgIpc) is 2.49. The number of nitrogens with one attached hydrogen (secondary N) is 1. The van der Waals surface area contributed by atoms with E-state index in [1.165, 1.54) is 4.90 Å². The van der Waals surface area contributed by atoms with Gasteiger partial charge in [-0.25, -0.2) is 13.2 Å². The summed E-state index contributed by atoms with van der Waals surface area (Å²) in [5.74, 6) is -4.71. The molecule has 0 radical (unpaired) electrons. The first-order valence-corrected chi connectivity index (χ1v) is 6.84. The quantitative estimate of drug-likeness (QED) is 0.821. The van der Waals surface area contributed by atoms with Crippen LogP contribution < -0.4 is 11.1 Å². The molecule has 1 heterocycles. The smallest absolute Gasteiger partial charge is 0.241 e. The predicted molar refractivity (Wildman–Crippen MR) is 73.3 cm³/mol. The number of carbonyl (C=O) groups excluding carboxylic acids is 2. The molecule has 0 spiro atoms. The minimum Gasteiger partial charge on any atom is -0.374 e. The van der Waals surface area contributed by atoms with Crippen molar-refractivity contribution in [1.29, 1.82) is 0 Å². The molecule has 1 aromatic carbocycles. The van der Waals surface area contributed by atoms with E-state index in [1.54, 1.807) is 0 Å². The van der Waals surface area contributed by atoms with Crippen LogP contribution in [-0.4, -0.2) is 36.3 Å². The Hall–Kier alpha value is -2.25. The minimum absolute atomic E-state index is 0.218. The summed E-state index contributed by atoms with van der Waals surface area (Å²) in [7, 11) is 0. The lowest BCUT2D eigenvalue weighted by Crippen LogP contribution is -2.46. The van der Waals surface area contributed by atoms with Gasteiger partial charge in [0.25, 0.3) is 0 Å². The fraction of sp³-hybridized carbons (Fsp3) is 0.429. The van der Waals surface area contributed by atoms with E-state index in [4.69, 9.17) is 5.73 Å². The molecule has 5 nitrogen and oxygen atoms in total. The van der Waals surface area contributed by atoms with Gasteiger partial charge in [0, 0.05) is 25.2 Å².